The highest BCUT2D eigenvalue weighted by Gasteiger charge is 2.23. The van der Waals surface area contributed by atoms with Crippen LogP contribution >= 0.6 is 23.2 Å². The van der Waals surface area contributed by atoms with Gasteiger partial charge in [-0.05, 0) is 31.2 Å². The van der Waals surface area contributed by atoms with E-state index in [1.165, 1.54) is 17.9 Å². The van der Waals surface area contributed by atoms with Crippen LogP contribution in [0.25, 0.3) is 0 Å². The number of halogens is 2. The Morgan fingerprint density at radius 1 is 1.24 bits per heavy atom. The van der Waals surface area contributed by atoms with Gasteiger partial charge in [-0.15, -0.1) is 0 Å². The molecule has 0 unspecified atom stereocenters. The molecule has 1 N–H and O–H groups in total. The van der Waals surface area contributed by atoms with Crippen molar-refractivity contribution in [3.63, 3.8) is 0 Å². The highest BCUT2D eigenvalue weighted by atomic mass is 35.5. The molecule has 0 saturated heterocycles. The average Bonchev–Trinajstić information content (AvgIpc) is 3.29. The van der Waals surface area contributed by atoms with E-state index in [-0.39, 0.29) is 23.7 Å². The summed E-state index contributed by atoms with van der Waals surface area (Å²) < 4.78 is 17.3. The Morgan fingerprint density at radius 3 is 2.72 bits per heavy atom. The molecule has 0 fully saturated rings. The Kier molecular flexibility index (Phi) is 6.14. The van der Waals surface area contributed by atoms with Gasteiger partial charge in [0.05, 0.1) is 23.5 Å². The molecule has 3 aromatic rings. The number of nitrogens with zero attached hydrogens (tertiary/aromatic N) is 2. The molecule has 0 atom stereocenters. The summed E-state index contributed by atoms with van der Waals surface area (Å²) in [6.07, 6.45) is 0. The Morgan fingerprint density at radius 2 is 2.00 bits per heavy atom. The van der Waals surface area contributed by atoms with E-state index in [0.29, 0.717) is 27.2 Å². The van der Waals surface area contributed by atoms with Crippen molar-refractivity contribution in [2.75, 3.05) is 12.4 Å². The number of ether oxygens (including phenoxy) is 2. The Bertz CT molecular complexity index is 1070. The van der Waals surface area contributed by atoms with Crippen molar-refractivity contribution < 1.29 is 23.5 Å². The number of amides is 1. The highest BCUT2D eigenvalue weighted by Crippen LogP contribution is 2.32. The second kappa shape index (κ2) is 8.59. The molecule has 2 aromatic heterocycles. The van der Waals surface area contributed by atoms with E-state index in [1.807, 2.05) is 0 Å². The minimum Gasteiger partial charge on any atom is -0.484 e. The van der Waals surface area contributed by atoms with Crippen molar-refractivity contribution >= 4 is 40.8 Å². The monoisotopic (exact) mass is 437 g/mol. The first-order chi connectivity index (χ1) is 13.8. The van der Waals surface area contributed by atoms with Crippen LogP contribution in [-0.4, -0.2) is 28.8 Å². The number of carbonyl (C=O) groups excluding carboxylic acids is 2. The fourth-order valence-electron chi connectivity index (χ4n) is 2.49. The highest BCUT2D eigenvalue weighted by molar-refractivity contribution is 6.42. The van der Waals surface area contributed by atoms with Gasteiger partial charge >= 0.3 is 5.97 Å². The molecule has 10 heteroatoms. The van der Waals surface area contributed by atoms with Crippen molar-refractivity contribution in [2.24, 2.45) is 7.05 Å². The maximum atomic E-state index is 12.6. The second-order valence-electron chi connectivity index (χ2n) is 5.98. The zero-order chi connectivity index (χ0) is 21.1. The number of aromatic nitrogens is 2. The van der Waals surface area contributed by atoms with E-state index in [0.717, 1.165) is 0 Å². The molecule has 152 valence electrons. The lowest BCUT2D eigenvalue weighted by Gasteiger charge is -2.07. The molecule has 0 aliphatic rings. The number of methoxy groups -OCH3 is 1. The molecule has 8 nitrogen and oxygen atoms in total. The summed E-state index contributed by atoms with van der Waals surface area (Å²) in [5.41, 5.74) is 0.847. The van der Waals surface area contributed by atoms with Crippen molar-refractivity contribution in [1.29, 1.82) is 0 Å². The van der Waals surface area contributed by atoms with Crippen LogP contribution in [0, 0.1) is 6.92 Å². The van der Waals surface area contributed by atoms with Gasteiger partial charge < -0.3 is 19.2 Å². The number of aryl methyl sites for hydroxylation is 1. The van der Waals surface area contributed by atoms with E-state index in [2.05, 4.69) is 10.4 Å². The minimum absolute atomic E-state index is 0.00608. The molecule has 29 heavy (non-hydrogen) atoms. The number of furan rings is 1. The molecule has 0 saturated carbocycles. The molecular formula is C19H17Cl2N3O5. The summed E-state index contributed by atoms with van der Waals surface area (Å²) in [4.78, 5) is 24.4. The van der Waals surface area contributed by atoms with Crippen LogP contribution in [0.15, 0.2) is 34.7 Å². The third-order valence-corrected chi connectivity index (χ3v) is 4.92. The summed E-state index contributed by atoms with van der Waals surface area (Å²) in [7, 11) is 2.89. The summed E-state index contributed by atoms with van der Waals surface area (Å²) in [6, 6.07) is 8.13. The quantitative estimate of drug-likeness (QED) is 0.579. The van der Waals surface area contributed by atoms with Gasteiger partial charge in [-0.25, -0.2) is 4.79 Å². The standard InChI is InChI=1S/C19H17Cl2N3O5/c1-10-16(17(19(26)27-3)23-24(10)2)22-18(25)14-8-7-11(29-14)9-28-13-6-4-5-12(20)15(13)21/h4-8H,9H2,1-3H3,(H,22,25). The van der Waals surface area contributed by atoms with Gasteiger partial charge in [0, 0.05) is 7.05 Å². The van der Waals surface area contributed by atoms with E-state index < -0.39 is 11.9 Å². The molecule has 2 heterocycles. The SMILES string of the molecule is COC(=O)c1nn(C)c(C)c1NC(=O)c1ccc(COc2cccc(Cl)c2Cl)o1. The molecule has 0 spiro atoms. The lowest BCUT2D eigenvalue weighted by atomic mass is 10.3. The third-order valence-electron chi connectivity index (χ3n) is 4.12. The van der Waals surface area contributed by atoms with Gasteiger partial charge in [-0.1, -0.05) is 29.3 Å². The summed E-state index contributed by atoms with van der Waals surface area (Å²) in [6.45, 7) is 1.76. The molecule has 1 aromatic carbocycles. The van der Waals surface area contributed by atoms with Gasteiger partial charge in [-0.3, -0.25) is 9.48 Å². The van der Waals surface area contributed by atoms with Gasteiger partial charge in [0.15, 0.2) is 11.5 Å². The van der Waals surface area contributed by atoms with Crippen molar-refractivity contribution in [3.8, 4) is 5.75 Å². The number of hydrogen-bond donors (Lipinski definition) is 1. The fraction of sp³-hybridized carbons (Fsp3) is 0.211. The Labute approximate surface area is 176 Å². The summed E-state index contributed by atoms with van der Waals surface area (Å²) in [5.74, 6) is -0.355. The molecular weight excluding hydrogens is 421 g/mol. The van der Waals surface area contributed by atoms with E-state index >= 15 is 0 Å². The van der Waals surface area contributed by atoms with Gasteiger partial charge in [0.2, 0.25) is 0 Å². The van der Waals surface area contributed by atoms with Crippen LogP contribution in [0.4, 0.5) is 5.69 Å². The normalized spacial score (nSPS) is 10.7. The molecule has 0 aliphatic carbocycles. The number of rotatable bonds is 6. The first kappa shape index (κ1) is 20.8. The summed E-state index contributed by atoms with van der Waals surface area (Å²) >= 11 is 12.0. The summed E-state index contributed by atoms with van der Waals surface area (Å²) in [5, 5.41) is 7.37. The number of nitrogens with one attached hydrogen (secondary N) is 1. The number of hydrogen-bond acceptors (Lipinski definition) is 6. The lowest BCUT2D eigenvalue weighted by Crippen LogP contribution is -2.14. The van der Waals surface area contributed by atoms with Crippen molar-refractivity contribution in [2.45, 2.75) is 13.5 Å². The van der Waals surface area contributed by atoms with Crippen molar-refractivity contribution in [3.05, 3.63) is 63.3 Å². The van der Waals surface area contributed by atoms with E-state index in [4.69, 9.17) is 37.1 Å². The van der Waals surface area contributed by atoms with Crippen LogP contribution in [0.1, 0.15) is 32.5 Å². The number of carbonyl (C=O) groups is 2. The zero-order valence-electron chi connectivity index (χ0n) is 15.8. The van der Waals surface area contributed by atoms with Crippen molar-refractivity contribution in [1.82, 2.24) is 9.78 Å². The van der Waals surface area contributed by atoms with Crippen LogP contribution in [0.3, 0.4) is 0 Å². The minimum atomic E-state index is -0.657. The number of esters is 1. The maximum absolute atomic E-state index is 12.6. The fourth-order valence-corrected chi connectivity index (χ4v) is 2.84. The van der Waals surface area contributed by atoms with Crippen LogP contribution < -0.4 is 10.1 Å². The Hall–Kier alpha value is -2.97. The Balaban J connectivity index is 1.72. The van der Waals surface area contributed by atoms with Gasteiger partial charge in [0.1, 0.15) is 23.1 Å². The zero-order valence-corrected chi connectivity index (χ0v) is 17.3. The topological polar surface area (TPSA) is 95.6 Å². The van der Waals surface area contributed by atoms with Gasteiger partial charge in [0.25, 0.3) is 5.91 Å². The smallest absolute Gasteiger partial charge is 0.360 e. The third kappa shape index (κ3) is 4.38. The predicted octanol–water partition coefficient (Wildman–Crippen LogP) is 4.25. The first-order valence-electron chi connectivity index (χ1n) is 8.40. The largest absolute Gasteiger partial charge is 0.484 e. The molecule has 0 radical (unpaired) electrons. The first-order valence-corrected chi connectivity index (χ1v) is 9.16. The molecule has 1 amide bonds. The van der Waals surface area contributed by atoms with Crippen LogP contribution in [0.5, 0.6) is 5.75 Å². The number of anilines is 1. The molecule has 0 bridgehead atoms. The predicted molar refractivity (Wildman–Crippen MR) is 107 cm³/mol. The number of benzene rings is 1. The van der Waals surface area contributed by atoms with Crippen LogP contribution in [0.2, 0.25) is 10.0 Å². The lowest BCUT2D eigenvalue weighted by molar-refractivity contribution is 0.0594. The average molecular weight is 438 g/mol. The molecule has 0 aliphatic heterocycles. The second-order valence-corrected chi connectivity index (χ2v) is 6.77. The van der Waals surface area contributed by atoms with E-state index in [1.54, 1.807) is 38.2 Å². The molecule has 3 rings (SSSR count). The van der Waals surface area contributed by atoms with Gasteiger partial charge in [-0.2, -0.15) is 5.10 Å². The maximum Gasteiger partial charge on any atom is 0.360 e. The van der Waals surface area contributed by atoms with Crippen LogP contribution in [-0.2, 0) is 18.4 Å². The van der Waals surface area contributed by atoms with E-state index in [9.17, 15) is 9.59 Å².